The molecule has 3 rings (SSSR count). The third-order valence-corrected chi connectivity index (χ3v) is 6.04. The third-order valence-electron chi connectivity index (χ3n) is 6.04. The lowest BCUT2D eigenvalue weighted by atomic mass is 9.72. The highest BCUT2D eigenvalue weighted by Gasteiger charge is 2.38. The maximum absolute atomic E-state index is 12.3. The van der Waals surface area contributed by atoms with Gasteiger partial charge >= 0.3 is 6.09 Å². The molecular formula is C20H36N4O3. The number of piperazine rings is 1. The number of amides is 1. The van der Waals surface area contributed by atoms with Gasteiger partial charge in [0.2, 0.25) is 0 Å². The molecule has 27 heavy (non-hydrogen) atoms. The van der Waals surface area contributed by atoms with Crippen LogP contribution < -0.4 is 5.32 Å². The Morgan fingerprint density at radius 3 is 2.70 bits per heavy atom. The zero-order valence-electron chi connectivity index (χ0n) is 17.2. The number of fused-ring (bicyclic) bond motifs is 1. The molecular weight excluding hydrogens is 344 g/mol. The molecule has 0 aromatic rings. The van der Waals surface area contributed by atoms with Crippen LogP contribution in [0.5, 0.6) is 0 Å². The highest BCUT2D eigenvalue weighted by molar-refractivity contribution is 5.82. The molecule has 7 nitrogen and oxygen atoms in total. The van der Waals surface area contributed by atoms with Gasteiger partial charge in [0.05, 0.1) is 12.6 Å². The van der Waals surface area contributed by atoms with E-state index in [9.17, 15) is 9.90 Å². The number of carbonyl (C=O) groups excluding carboxylic acids is 1. The second-order valence-corrected chi connectivity index (χ2v) is 9.33. The van der Waals surface area contributed by atoms with Crippen molar-refractivity contribution in [3.05, 3.63) is 0 Å². The number of nitrogens with zero attached hydrogens (tertiary/aromatic N) is 3. The predicted octanol–water partition coefficient (Wildman–Crippen LogP) is 2.20. The van der Waals surface area contributed by atoms with Gasteiger partial charge < -0.3 is 25.0 Å². The van der Waals surface area contributed by atoms with Gasteiger partial charge in [0.15, 0.2) is 5.96 Å². The second kappa shape index (κ2) is 8.25. The number of hydrogen-bond acceptors (Lipinski definition) is 6. The van der Waals surface area contributed by atoms with E-state index in [2.05, 4.69) is 10.2 Å². The Hall–Kier alpha value is -1.50. The Morgan fingerprint density at radius 1 is 1.30 bits per heavy atom. The van der Waals surface area contributed by atoms with Crippen LogP contribution in [0.15, 0.2) is 4.99 Å². The van der Waals surface area contributed by atoms with E-state index in [4.69, 9.17) is 9.73 Å². The molecule has 0 radical (unpaired) electrons. The Kier molecular flexibility index (Phi) is 6.18. The lowest BCUT2D eigenvalue weighted by molar-refractivity contribution is 0.0137. The minimum atomic E-state index is -0.464. The molecule has 0 spiro atoms. The number of aliphatic hydroxyl groups excluding tert-OH is 1. The maximum Gasteiger partial charge on any atom is 0.410 e. The van der Waals surface area contributed by atoms with Crippen molar-refractivity contribution in [1.82, 2.24) is 15.1 Å². The molecule has 1 saturated heterocycles. The van der Waals surface area contributed by atoms with Crippen LogP contribution >= 0.6 is 0 Å². The molecule has 2 N–H and O–H groups in total. The number of hydrogen-bond donors (Lipinski definition) is 2. The van der Waals surface area contributed by atoms with Gasteiger partial charge in [0, 0.05) is 32.8 Å². The van der Waals surface area contributed by atoms with Crippen LogP contribution in [0.3, 0.4) is 0 Å². The molecule has 0 aromatic carbocycles. The monoisotopic (exact) mass is 380 g/mol. The zero-order valence-corrected chi connectivity index (χ0v) is 17.2. The normalized spacial score (nSPS) is 25.0. The number of guanidine groups is 1. The Balaban J connectivity index is 1.52. The van der Waals surface area contributed by atoms with E-state index in [1.54, 1.807) is 4.90 Å². The van der Waals surface area contributed by atoms with Crippen LogP contribution in [0, 0.1) is 5.41 Å². The average Bonchev–Trinajstić information content (AvgIpc) is 3.02. The fourth-order valence-corrected chi connectivity index (χ4v) is 4.54. The Labute approximate surface area is 163 Å². The quantitative estimate of drug-likeness (QED) is 0.782. The van der Waals surface area contributed by atoms with Crippen molar-refractivity contribution in [2.45, 2.75) is 70.9 Å². The Morgan fingerprint density at radius 2 is 2.04 bits per heavy atom. The molecule has 7 heteroatoms. The van der Waals surface area contributed by atoms with Crippen molar-refractivity contribution >= 4 is 12.1 Å². The predicted molar refractivity (Wildman–Crippen MR) is 106 cm³/mol. The van der Waals surface area contributed by atoms with Crippen molar-refractivity contribution in [1.29, 1.82) is 0 Å². The smallest absolute Gasteiger partial charge is 0.410 e. The summed E-state index contributed by atoms with van der Waals surface area (Å²) in [5, 5.41) is 13.1. The number of aliphatic imine (C=N–C) groups is 1. The Bertz CT molecular complexity index is 546. The number of rotatable bonds is 4. The van der Waals surface area contributed by atoms with Crippen LogP contribution in [-0.4, -0.2) is 77.9 Å². The first kappa shape index (κ1) is 20.2. The summed E-state index contributed by atoms with van der Waals surface area (Å²) >= 11 is 0. The van der Waals surface area contributed by atoms with Crippen molar-refractivity contribution in [3.63, 3.8) is 0 Å². The van der Waals surface area contributed by atoms with E-state index in [0.717, 1.165) is 25.5 Å². The van der Waals surface area contributed by atoms with E-state index in [-0.39, 0.29) is 24.2 Å². The van der Waals surface area contributed by atoms with Gasteiger partial charge in [-0.05, 0) is 45.4 Å². The number of nitrogens with one attached hydrogen (secondary N) is 1. The van der Waals surface area contributed by atoms with Crippen molar-refractivity contribution in [3.8, 4) is 0 Å². The highest BCUT2D eigenvalue weighted by atomic mass is 16.6. The second-order valence-electron chi connectivity index (χ2n) is 9.33. The molecule has 0 aromatic heterocycles. The molecule has 2 aliphatic heterocycles. The van der Waals surface area contributed by atoms with Gasteiger partial charge in [-0.1, -0.05) is 19.3 Å². The van der Waals surface area contributed by atoms with E-state index in [0.29, 0.717) is 19.6 Å². The lowest BCUT2D eigenvalue weighted by Gasteiger charge is -2.41. The van der Waals surface area contributed by atoms with Crippen molar-refractivity contribution < 1.29 is 14.6 Å². The van der Waals surface area contributed by atoms with Gasteiger partial charge in [-0.15, -0.1) is 0 Å². The summed E-state index contributed by atoms with van der Waals surface area (Å²) in [5.41, 5.74) is -0.264. The SMILES string of the molecule is CC(C)(C)OC(=O)N1CCN2C(NCC3(CCO)CCCCC3)=NCC2C1. The fourth-order valence-electron chi connectivity index (χ4n) is 4.54. The fraction of sp³-hybridized carbons (Fsp3) is 0.900. The van der Waals surface area contributed by atoms with Crippen LogP contribution in [0.1, 0.15) is 59.3 Å². The van der Waals surface area contributed by atoms with Crippen molar-refractivity contribution in [2.24, 2.45) is 10.4 Å². The highest BCUT2D eigenvalue weighted by Crippen LogP contribution is 2.38. The van der Waals surface area contributed by atoms with E-state index < -0.39 is 5.60 Å². The van der Waals surface area contributed by atoms with Crippen LogP contribution in [0.25, 0.3) is 0 Å². The summed E-state index contributed by atoms with van der Waals surface area (Å²) in [7, 11) is 0. The summed E-state index contributed by atoms with van der Waals surface area (Å²) in [4.78, 5) is 21.2. The van der Waals surface area contributed by atoms with Gasteiger partial charge in [-0.3, -0.25) is 4.99 Å². The zero-order chi connectivity index (χ0) is 19.5. The van der Waals surface area contributed by atoms with E-state index in [1.807, 2.05) is 20.8 Å². The first-order chi connectivity index (χ1) is 12.8. The summed E-state index contributed by atoms with van der Waals surface area (Å²) in [5.74, 6) is 0.965. The topological polar surface area (TPSA) is 77.4 Å². The summed E-state index contributed by atoms with van der Waals surface area (Å²) in [6.45, 7) is 9.65. The van der Waals surface area contributed by atoms with Gasteiger partial charge in [0.25, 0.3) is 0 Å². The molecule has 1 saturated carbocycles. The molecule has 2 heterocycles. The first-order valence-electron chi connectivity index (χ1n) is 10.5. The standard InChI is InChI=1S/C20H36N4O3/c1-19(2,3)27-18(26)23-10-11-24-16(14-23)13-21-17(24)22-15-20(9-12-25)7-5-4-6-8-20/h16,25H,4-15H2,1-3H3,(H,21,22). The number of aliphatic hydroxyl groups is 1. The summed E-state index contributed by atoms with van der Waals surface area (Å²) < 4.78 is 5.51. The average molecular weight is 381 g/mol. The molecule has 1 atom stereocenters. The van der Waals surface area contributed by atoms with Crippen molar-refractivity contribution in [2.75, 3.05) is 39.3 Å². The molecule has 2 fully saturated rings. The minimum absolute atomic E-state index is 0.200. The first-order valence-corrected chi connectivity index (χ1v) is 10.5. The molecule has 0 bridgehead atoms. The lowest BCUT2D eigenvalue weighted by Crippen LogP contribution is -2.58. The third kappa shape index (κ3) is 5.06. The largest absolute Gasteiger partial charge is 0.444 e. The summed E-state index contributed by atoms with van der Waals surface area (Å²) in [6.07, 6.45) is 6.82. The number of ether oxygens (including phenoxy) is 1. The number of carbonyl (C=O) groups is 1. The van der Waals surface area contributed by atoms with Gasteiger partial charge in [-0.25, -0.2) is 4.79 Å². The van der Waals surface area contributed by atoms with Crippen LogP contribution in [0.2, 0.25) is 0 Å². The molecule has 1 aliphatic carbocycles. The molecule has 1 amide bonds. The van der Waals surface area contributed by atoms with Crippen LogP contribution in [0.4, 0.5) is 4.79 Å². The molecule has 3 aliphatic rings. The van der Waals surface area contributed by atoms with Gasteiger partial charge in [-0.2, -0.15) is 0 Å². The summed E-state index contributed by atoms with van der Waals surface area (Å²) in [6, 6.07) is 0.230. The maximum atomic E-state index is 12.3. The van der Waals surface area contributed by atoms with E-state index >= 15 is 0 Å². The minimum Gasteiger partial charge on any atom is -0.444 e. The van der Waals surface area contributed by atoms with E-state index in [1.165, 1.54) is 32.1 Å². The molecule has 1 unspecified atom stereocenters. The van der Waals surface area contributed by atoms with Gasteiger partial charge in [0.1, 0.15) is 5.60 Å². The molecule has 154 valence electrons. The van der Waals surface area contributed by atoms with Crippen LogP contribution in [-0.2, 0) is 4.74 Å².